The minimum absolute atomic E-state index is 0.747. The van der Waals surface area contributed by atoms with Crippen molar-refractivity contribution in [2.24, 2.45) is 0 Å². The Morgan fingerprint density at radius 2 is 1.82 bits per heavy atom. The van der Waals surface area contributed by atoms with E-state index in [-0.39, 0.29) is 0 Å². The van der Waals surface area contributed by atoms with E-state index in [9.17, 15) is 0 Å². The molecule has 2 aromatic rings. The Morgan fingerprint density at radius 1 is 1.05 bits per heavy atom. The number of hydrogen-bond acceptors (Lipinski definition) is 4. The number of aryl methyl sites for hydroxylation is 1. The molecular weight excluding hydrogens is 272 g/mol. The van der Waals surface area contributed by atoms with E-state index >= 15 is 0 Å². The van der Waals surface area contributed by atoms with Crippen LogP contribution < -0.4 is 10.2 Å². The minimum Gasteiger partial charge on any atom is -0.356 e. The smallest absolute Gasteiger partial charge is 0.224 e. The van der Waals surface area contributed by atoms with Gasteiger partial charge in [-0.2, -0.15) is 4.98 Å². The third kappa shape index (κ3) is 3.97. The molecular formula is C18H24N4. The van der Waals surface area contributed by atoms with Crippen molar-refractivity contribution in [3.8, 4) is 0 Å². The third-order valence-corrected chi connectivity index (χ3v) is 4.06. The van der Waals surface area contributed by atoms with Crippen molar-refractivity contribution in [1.82, 2.24) is 9.97 Å². The largest absolute Gasteiger partial charge is 0.356 e. The van der Waals surface area contributed by atoms with Crippen LogP contribution in [0.2, 0.25) is 0 Å². The van der Waals surface area contributed by atoms with Crippen molar-refractivity contribution < 1.29 is 0 Å². The molecule has 1 aromatic carbocycles. The first-order valence-corrected chi connectivity index (χ1v) is 8.20. The van der Waals surface area contributed by atoms with Gasteiger partial charge in [0, 0.05) is 31.4 Å². The maximum absolute atomic E-state index is 4.69. The molecule has 2 heterocycles. The van der Waals surface area contributed by atoms with Crippen molar-refractivity contribution >= 4 is 11.8 Å². The second kappa shape index (κ2) is 7.25. The van der Waals surface area contributed by atoms with Crippen molar-refractivity contribution in [3.63, 3.8) is 0 Å². The zero-order valence-electron chi connectivity index (χ0n) is 13.3. The van der Waals surface area contributed by atoms with Crippen LogP contribution in [0, 0.1) is 6.92 Å². The minimum atomic E-state index is 0.747. The molecule has 0 radical (unpaired) electrons. The fourth-order valence-corrected chi connectivity index (χ4v) is 2.88. The Bertz CT molecular complexity index is 591. The van der Waals surface area contributed by atoms with Crippen LogP contribution in [-0.2, 0) is 6.42 Å². The van der Waals surface area contributed by atoms with Crippen LogP contribution in [0.15, 0.2) is 36.4 Å². The zero-order valence-corrected chi connectivity index (χ0v) is 13.3. The van der Waals surface area contributed by atoms with Gasteiger partial charge in [-0.15, -0.1) is 0 Å². The number of aromatic nitrogens is 2. The average Bonchev–Trinajstić information content (AvgIpc) is 2.56. The first kappa shape index (κ1) is 14.8. The predicted molar refractivity (Wildman–Crippen MR) is 91.5 cm³/mol. The maximum Gasteiger partial charge on any atom is 0.224 e. The first-order valence-electron chi connectivity index (χ1n) is 8.20. The van der Waals surface area contributed by atoms with Gasteiger partial charge in [-0.25, -0.2) is 4.98 Å². The maximum atomic E-state index is 4.69. The van der Waals surface area contributed by atoms with Crippen LogP contribution in [0.3, 0.4) is 0 Å². The monoisotopic (exact) mass is 296 g/mol. The molecule has 3 rings (SSSR count). The third-order valence-electron chi connectivity index (χ3n) is 4.06. The van der Waals surface area contributed by atoms with Gasteiger partial charge in [0.2, 0.25) is 5.95 Å². The molecule has 1 aromatic heterocycles. The predicted octanol–water partition coefficient (Wildman–Crippen LogP) is 3.43. The molecule has 0 spiro atoms. The molecule has 4 nitrogen and oxygen atoms in total. The number of nitrogens with zero attached hydrogens (tertiary/aromatic N) is 3. The van der Waals surface area contributed by atoms with Crippen LogP contribution >= 0.6 is 0 Å². The zero-order chi connectivity index (χ0) is 15.2. The van der Waals surface area contributed by atoms with Gasteiger partial charge in [-0.3, -0.25) is 0 Å². The quantitative estimate of drug-likeness (QED) is 0.918. The number of rotatable bonds is 5. The molecule has 116 valence electrons. The Labute approximate surface area is 132 Å². The van der Waals surface area contributed by atoms with E-state index in [0.29, 0.717) is 0 Å². The topological polar surface area (TPSA) is 41.1 Å². The summed E-state index contributed by atoms with van der Waals surface area (Å²) in [6.45, 7) is 5.12. The SMILES string of the molecule is Cc1cc(N2CCCCC2)nc(NCCc2ccccc2)n1. The Kier molecular flexibility index (Phi) is 4.88. The lowest BCUT2D eigenvalue weighted by atomic mass is 10.1. The first-order chi connectivity index (χ1) is 10.8. The summed E-state index contributed by atoms with van der Waals surface area (Å²) >= 11 is 0. The van der Waals surface area contributed by atoms with Crippen LogP contribution in [0.5, 0.6) is 0 Å². The average molecular weight is 296 g/mol. The normalized spacial score (nSPS) is 14.9. The second-order valence-electron chi connectivity index (χ2n) is 5.90. The Balaban J connectivity index is 1.62. The molecule has 1 N–H and O–H groups in total. The van der Waals surface area contributed by atoms with E-state index in [0.717, 1.165) is 43.5 Å². The lowest BCUT2D eigenvalue weighted by molar-refractivity contribution is 0.573. The van der Waals surface area contributed by atoms with Gasteiger partial charge in [-0.05, 0) is 38.2 Å². The molecule has 0 atom stereocenters. The lowest BCUT2D eigenvalue weighted by Gasteiger charge is -2.28. The molecule has 0 bridgehead atoms. The van der Waals surface area contributed by atoms with Gasteiger partial charge >= 0.3 is 0 Å². The van der Waals surface area contributed by atoms with E-state index in [1.807, 2.05) is 13.0 Å². The van der Waals surface area contributed by atoms with Gasteiger partial charge in [0.1, 0.15) is 5.82 Å². The summed E-state index contributed by atoms with van der Waals surface area (Å²) in [5.41, 5.74) is 2.36. The van der Waals surface area contributed by atoms with Crippen LogP contribution in [-0.4, -0.2) is 29.6 Å². The highest BCUT2D eigenvalue weighted by atomic mass is 15.2. The van der Waals surface area contributed by atoms with Crippen LogP contribution in [0.1, 0.15) is 30.5 Å². The summed E-state index contributed by atoms with van der Waals surface area (Å²) in [6.07, 6.45) is 4.85. The molecule has 0 unspecified atom stereocenters. The summed E-state index contributed by atoms with van der Waals surface area (Å²) < 4.78 is 0. The molecule has 0 saturated carbocycles. The van der Waals surface area contributed by atoms with E-state index in [2.05, 4.69) is 45.5 Å². The second-order valence-corrected chi connectivity index (χ2v) is 5.90. The number of benzene rings is 1. The van der Waals surface area contributed by atoms with Crippen LogP contribution in [0.4, 0.5) is 11.8 Å². The van der Waals surface area contributed by atoms with Gasteiger partial charge in [0.25, 0.3) is 0 Å². The molecule has 0 aliphatic carbocycles. The molecule has 1 aliphatic heterocycles. The van der Waals surface area contributed by atoms with Crippen molar-refractivity contribution in [2.75, 3.05) is 29.9 Å². The van der Waals surface area contributed by atoms with Gasteiger partial charge in [0.15, 0.2) is 0 Å². The lowest BCUT2D eigenvalue weighted by Crippen LogP contribution is -2.30. The molecule has 1 aliphatic rings. The highest BCUT2D eigenvalue weighted by molar-refractivity contribution is 5.45. The number of anilines is 2. The Hall–Kier alpha value is -2.10. The standard InChI is InChI=1S/C18H24N4/c1-15-14-17(22-12-6-3-7-13-22)21-18(20-15)19-11-10-16-8-4-2-5-9-16/h2,4-5,8-9,14H,3,6-7,10-13H2,1H3,(H,19,20,21). The number of nitrogens with one attached hydrogen (secondary N) is 1. The van der Waals surface area contributed by atoms with Crippen LogP contribution in [0.25, 0.3) is 0 Å². The highest BCUT2D eigenvalue weighted by Crippen LogP contribution is 2.19. The van der Waals surface area contributed by atoms with Crippen molar-refractivity contribution in [2.45, 2.75) is 32.6 Å². The summed E-state index contributed by atoms with van der Waals surface area (Å²) in [6, 6.07) is 12.6. The number of piperidine rings is 1. The van der Waals surface area contributed by atoms with Crippen molar-refractivity contribution in [3.05, 3.63) is 47.7 Å². The Morgan fingerprint density at radius 3 is 2.59 bits per heavy atom. The molecule has 0 amide bonds. The molecule has 22 heavy (non-hydrogen) atoms. The number of hydrogen-bond donors (Lipinski definition) is 1. The van der Waals surface area contributed by atoms with Gasteiger partial charge in [-0.1, -0.05) is 30.3 Å². The van der Waals surface area contributed by atoms with Gasteiger partial charge in [0.05, 0.1) is 0 Å². The molecule has 4 heteroatoms. The molecule has 1 fully saturated rings. The summed E-state index contributed by atoms with van der Waals surface area (Å²) in [5, 5.41) is 3.36. The van der Waals surface area contributed by atoms with E-state index < -0.39 is 0 Å². The fraction of sp³-hybridized carbons (Fsp3) is 0.444. The summed E-state index contributed by atoms with van der Waals surface area (Å²) in [7, 11) is 0. The summed E-state index contributed by atoms with van der Waals surface area (Å²) in [5.74, 6) is 1.81. The highest BCUT2D eigenvalue weighted by Gasteiger charge is 2.13. The van der Waals surface area contributed by atoms with E-state index in [4.69, 9.17) is 4.98 Å². The fourth-order valence-electron chi connectivity index (χ4n) is 2.88. The molecule has 1 saturated heterocycles. The van der Waals surface area contributed by atoms with Crippen molar-refractivity contribution in [1.29, 1.82) is 0 Å². The van der Waals surface area contributed by atoms with Gasteiger partial charge < -0.3 is 10.2 Å². The summed E-state index contributed by atoms with van der Waals surface area (Å²) in [4.78, 5) is 11.6. The van der Waals surface area contributed by atoms with E-state index in [1.165, 1.54) is 24.8 Å². The van der Waals surface area contributed by atoms with E-state index in [1.54, 1.807) is 0 Å².